The number of esters is 1. The molecule has 0 radical (unpaired) electrons. The van der Waals surface area contributed by atoms with E-state index in [4.69, 9.17) is 14.2 Å². The maximum atomic E-state index is 12.9. The maximum absolute atomic E-state index is 12.9. The van der Waals surface area contributed by atoms with Crippen molar-refractivity contribution in [2.45, 2.75) is 18.9 Å². The van der Waals surface area contributed by atoms with Crippen LogP contribution in [-0.4, -0.2) is 49.1 Å². The van der Waals surface area contributed by atoms with Crippen molar-refractivity contribution in [3.63, 3.8) is 0 Å². The second kappa shape index (κ2) is 8.49. The number of carbonyl (C=O) groups is 2. The zero-order valence-corrected chi connectivity index (χ0v) is 17.0. The van der Waals surface area contributed by atoms with Crippen molar-refractivity contribution in [3.05, 3.63) is 59.8 Å². The van der Waals surface area contributed by atoms with Gasteiger partial charge in [-0.1, -0.05) is 18.2 Å². The van der Waals surface area contributed by atoms with Crippen LogP contribution in [0.2, 0.25) is 0 Å². The second-order valence-electron chi connectivity index (χ2n) is 7.20. The number of likely N-dealkylation sites (tertiary alicyclic amines) is 1. The molecule has 156 valence electrons. The lowest BCUT2D eigenvalue weighted by atomic mass is 10.0. The van der Waals surface area contributed by atoms with Crippen LogP contribution in [0.5, 0.6) is 11.5 Å². The van der Waals surface area contributed by atoms with Gasteiger partial charge < -0.3 is 24.1 Å². The lowest BCUT2D eigenvalue weighted by Crippen LogP contribution is -2.34. The minimum absolute atomic E-state index is 0.144. The van der Waals surface area contributed by atoms with Gasteiger partial charge in [-0.15, -0.1) is 0 Å². The fourth-order valence-corrected chi connectivity index (χ4v) is 3.96. The Morgan fingerprint density at radius 3 is 2.70 bits per heavy atom. The Labute approximate surface area is 174 Å². The minimum atomic E-state index is -0.547. The smallest absolute Gasteiger partial charge is 0.355 e. The molecule has 30 heavy (non-hydrogen) atoms. The molecular formula is C23H24N2O5. The highest BCUT2D eigenvalue weighted by Crippen LogP contribution is 2.38. The lowest BCUT2D eigenvalue weighted by molar-refractivity contribution is -0.135. The van der Waals surface area contributed by atoms with E-state index < -0.39 is 5.97 Å². The van der Waals surface area contributed by atoms with Crippen molar-refractivity contribution in [2.75, 3.05) is 27.4 Å². The first-order chi connectivity index (χ1) is 14.6. The molecule has 3 aromatic rings. The molecule has 2 aromatic carbocycles. The standard InChI is InChI=1S/C23H24N2O5/c1-28-16-9-10-21(29-2)17(13-16)20-8-5-11-25(20)22(26)14-30-23(27)19-12-15-6-3-4-7-18(15)24-19/h3-4,6-7,9-10,12-13,20,24H,5,8,11,14H2,1-2H3/t20-/m0/s1. The molecule has 0 spiro atoms. The van der Waals surface area contributed by atoms with Crippen LogP contribution in [0, 0.1) is 0 Å². The van der Waals surface area contributed by atoms with Gasteiger partial charge in [0, 0.05) is 23.0 Å². The number of para-hydroxylation sites is 1. The maximum Gasteiger partial charge on any atom is 0.355 e. The number of aromatic nitrogens is 1. The van der Waals surface area contributed by atoms with E-state index in [0.29, 0.717) is 23.7 Å². The van der Waals surface area contributed by atoms with E-state index in [1.807, 2.05) is 42.5 Å². The molecule has 4 rings (SSSR count). The number of rotatable bonds is 6. The highest BCUT2D eigenvalue weighted by atomic mass is 16.5. The van der Waals surface area contributed by atoms with E-state index in [1.165, 1.54) is 0 Å². The van der Waals surface area contributed by atoms with Crippen molar-refractivity contribution in [1.82, 2.24) is 9.88 Å². The molecule has 1 aliphatic heterocycles. The van der Waals surface area contributed by atoms with Crippen LogP contribution >= 0.6 is 0 Å². The number of nitrogens with zero attached hydrogens (tertiary/aromatic N) is 1. The number of nitrogens with one attached hydrogen (secondary N) is 1. The molecule has 1 aliphatic rings. The molecule has 7 nitrogen and oxygen atoms in total. The second-order valence-corrected chi connectivity index (χ2v) is 7.20. The molecule has 1 aromatic heterocycles. The number of methoxy groups -OCH3 is 2. The Bertz CT molecular complexity index is 1040. The highest BCUT2D eigenvalue weighted by molar-refractivity contribution is 5.95. The fraction of sp³-hybridized carbons (Fsp3) is 0.304. The number of hydrogen-bond acceptors (Lipinski definition) is 5. The van der Waals surface area contributed by atoms with E-state index in [9.17, 15) is 9.59 Å². The van der Waals surface area contributed by atoms with E-state index in [0.717, 1.165) is 29.3 Å². The van der Waals surface area contributed by atoms with Crippen molar-refractivity contribution in [3.8, 4) is 11.5 Å². The fourth-order valence-electron chi connectivity index (χ4n) is 3.96. The summed E-state index contributed by atoms with van der Waals surface area (Å²) in [6.07, 6.45) is 1.68. The van der Waals surface area contributed by atoms with E-state index in [-0.39, 0.29) is 18.6 Å². The summed E-state index contributed by atoms with van der Waals surface area (Å²) in [7, 11) is 3.21. The van der Waals surface area contributed by atoms with Gasteiger partial charge in [0.25, 0.3) is 5.91 Å². The summed E-state index contributed by atoms with van der Waals surface area (Å²) in [6.45, 7) is 0.296. The highest BCUT2D eigenvalue weighted by Gasteiger charge is 2.32. The van der Waals surface area contributed by atoms with Gasteiger partial charge in [-0.05, 0) is 43.2 Å². The average Bonchev–Trinajstić information content (AvgIpc) is 3.44. The number of ether oxygens (including phenoxy) is 3. The first kappa shape index (κ1) is 19.8. The number of carbonyl (C=O) groups excluding carboxylic acids is 2. The summed E-state index contributed by atoms with van der Waals surface area (Å²) in [6, 6.07) is 14.7. The van der Waals surface area contributed by atoms with Crippen LogP contribution in [0.25, 0.3) is 10.9 Å². The summed E-state index contributed by atoms with van der Waals surface area (Å²) in [5, 5.41) is 0.917. The predicted octanol–water partition coefficient (Wildman–Crippen LogP) is 3.71. The average molecular weight is 408 g/mol. The van der Waals surface area contributed by atoms with Crippen LogP contribution < -0.4 is 9.47 Å². The van der Waals surface area contributed by atoms with Crippen molar-refractivity contribution >= 4 is 22.8 Å². The first-order valence-corrected chi connectivity index (χ1v) is 9.87. The van der Waals surface area contributed by atoms with Crippen molar-refractivity contribution in [1.29, 1.82) is 0 Å². The van der Waals surface area contributed by atoms with Gasteiger partial charge in [0.15, 0.2) is 6.61 Å². The van der Waals surface area contributed by atoms with Gasteiger partial charge in [0.1, 0.15) is 17.2 Å². The van der Waals surface area contributed by atoms with Gasteiger partial charge in [0.05, 0.1) is 20.3 Å². The number of aromatic amines is 1. The molecule has 1 fully saturated rings. The monoisotopic (exact) mass is 408 g/mol. The van der Waals surface area contributed by atoms with Crippen molar-refractivity contribution < 1.29 is 23.8 Å². The quantitative estimate of drug-likeness (QED) is 0.629. The topological polar surface area (TPSA) is 80.9 Å². The Hall–Kier alpha value is -3.48. The number of amides is 1. The Morgan fingerprint density at radius 1 is 1.10 bits per heavy atom. The zero-order valence-electron chi connectivity index (χ0n) is 17.0. The third-order valence-corrected chi connectivity index (χ3v) is 5.45. The van der Waals surface area contributed by atoms with E-state index in [1.54, 1.807) is 25.2 Å². The number of H-pyrrole nitrogens is 1. The molecule has 1 N–H and O–H groups in total. The van der Waals surface area contributed by atoms with Gasteiger partial charge in [-0.2, -0.15) is 0 Å². The van der Waals surface area contributed by atoms with Crippen LogP contribution in [0.15, 0.2) is 48.5 Å². The summed E-state index contributed by atoms with van der Waals surface area (Å²) < 4.78 is 16.1. The van der Waals surface area contributed by atoms with E-state index >= 15 is 0 Å². The predicted molar refractivity (Wildman–Crippen MR) is 112 cm³/mol. The molecule has 2 heterocycles. The number of benzene rings is 2. The molecule has 0 unspecified atom stereocenters. The SMILES string of the molecule is COc1ccc(OC)c([C@@H]2CCCN2C(=O)COC(=O)c2cc3ccccc3[nH]2)c1. The summed E-state index contributed by atoms with van der Waals surface area (Å²) in [5.74, 6) is 0.631. The van der Waals surface area contributed by atoms with Gasteiger partial charge in [0.2, 0.25) is 0 Å². The lowest BCUT2D eigenvalue weighted by Gasteiger charge is -2.26. The third-order valence-electron chi connectivity index (χ3n) is 5.45. The van der Waals surface area contributed by atoms with Gasteiger partial charge >= 0.3 is 5.97 Å². The van der Waals surface area contributed by atoms with E-state index in [2.05, 4.69) is 4.98 Å². The Balaban J connectivity index is 1.45. The largest absolute Gasteiger partial charge is 0.497 e. The number of fused-ring (bicyclic) bond motifs is 1. The van der Waals surface area contributed by atoms with Crippen LogP contribution in [0.4, 0.5) is 0 Å². The molecule has 1 atom stereocenters. The number of hydrogen-bond donors (Lipinski definition) is 1. The Morgan fingerprint density at radius 2 is 1.93 bits per heavy atom. The normalized spacial score (nSPS) is 15.9. The molecule has 1 amide bonds. The molecular weight excluding hydrogens is 384 g/mol. The summed E-state index contributed by atoms with van der Waals surface area (Å²) in [4.78, 5) is 30.0. The Kier molecular flexibility index (Phi) is 5.61. The van der Waals surface area contributed by atoms with Crippen LogP contribution in [-0.2, 0) is 9.53 Å². The molecule has 0 bridgehead atoms. The summed E-state index contributed by atoms with van der Waals surface area (Å²) in [5.41, 5.74) is 2.07. The van der Waals surface area contributed by atoms with Gasteiger partial charge in [-0.3, -0.25) is 4.79 Å². The third kappa shape index (κ3) is 3.83. The molecule has 1 saturated heterocycles. The molecule has 0 saturated carbocycles. The first-order valence-electron chi connectivity index (χ1n) is 9.87. The minimum Gasteiger partial charge on any atom is -0.497 e. The van der Waals surface area contributed by atoms with Gasteiger partial charge in [-0.25, -0.2) is 4.79 Å². The molecule has 7 heteroatoms. The van der Waals surface area contributed by atoms with Crippen LogP contribution in [0.1, 0.15) is 34.9 Å². The van der Waals surface area contributed by atoms with Crippen LogP contribution in [0.3, 0.4) is 0 Å². The molecule has 0 aliphatic carbocycles. The summed E-state index contributed by atoms with van der Waals surface area (Å²) >= 11 is 0. The van der Waals surface area contributed by atoms with Crippen molar-refractivity contribution in [2.24, 2.45) is 0 Å². The zero-order chi connectivity index (χ0) is 21.1.